The Morgan fingerprint density at radius 2 is 1.41 bits per heavy atom. The van der Waals surface area contributed by atoms with Gasteiger partial charge in [0.25, 0.3) is 0 Å². The SMILES string of the molecule is CF.N#Cc1ccc(Oc2ccccc2)cc1. The van der Waals surface area contributed by atoms with E-state index >= 15 is 0 Å². The summed E-state index contributed by atoms with van der Waals surface area (Å²) in [6, 6.07) is 18.6. The molecule has 0 radical (unpaired) electrons. The number of alkyl halides is 1. The number of hydrogen-bond donors (Lipinski definition) is 0. The van der Waals surface area contributed by atoms with Crippen LogP contribution < -0.4 is 4.74 Å². The first-order valence-electron chi connectivity index (χ1n) is 4.99. The Balaban J connectivity index is 0.000000686. The van der Waals surface area contributed by atoms with Crippen molar-refractivity contribution in [2.75, 3.05) is 7.18 Å². The van der Waals surface area contributed by atoms with Crippen molar-refractivity contribution in [1.82, 2.24) is 0 Å². The smallest absolute Gasteiger partial charge is 0.127 e. The molecule has 2 aromatic carbocycles. The summed E-state index contributed by atoms with van der Waals surface area (Å²) < 4.78 is 15.1. The first-order chi connectivity index (χ1) is 8.38. The average Bonchev–Trinajstić information content (AvgIpc) is 2.43. The summed E-state index contributed by atoms with van der Waals surface area (Å²) >= 11 is 0. The van der Waals surface area contributed by atoms with Gasteiger partial charge in [-0.1, -0.05) is 18.2 Å². The molecule has 2 nitrogen and oxygen atoms in total. The molecule has 0 unspecified atom stereocenters. The molecule has 2 aromatic rings. The molecule has 0 aliphatic heterocycles. The van der Waals surface area contributed by atoms with E-state index in [2.05, 4.69) is 6.07 Å². The fourth-order valence-corrected chi connectivity index (χ4v) is 1.22. The normalized spacial score (nSPS) is 8.53. The van der Waals surface area contributed by atoms with Crippen molar-refractivity contribution >= 4 is 0 Å². The van der Waals surface area contributed by atoms with Crippen LogP contribution in [0.2, 0.25) is 0 Å². The number of rotatable bonds is 2. The highest BCUT2D eigenvalue weighted by Gasteiger charge is 1.95. The molecule has 0 aliphatic carbocycles. The van der Waals surface area contributed by atoms with E-state index in [1.807, 2.05) is 30.3 Å². The number of hydrogen-bond acceptors (Lipinski definition) is 2. The first kappa shape index (κ1) is 12.7. The molecule has 0 atom stereocenters. The third-order valence-electron chi connectivity index (χ3n) is 1.96. The second-order valence-electron chi connectivity index (χ2n) is 3.05. The van der Waals surface area contributed by atoms with Gasteiger partial charge in [-0.15, -0.1) is 0 Å². The molecule has 17 heavy (non-hydrogen) atoms. The lowest BCUT2D eigenvalue weighted by molar-refractivity contribution is 0.482. The van der Waals surface area contributed by atoms with E-state index < -0.39 is 0 Å². The van der Waals surface area contributed by atoms with E-state index in [4.69, 9.17) is 10.00 Å². The molecule has 86 valence electrons. The largest absolute Gasteiger partial charge is 0.457 e. The van der Waals surface area contributed by atoms with Gasteiger partial charge in [0.15, 0.2) is 0 Å². The fourth-order valence-electron chi connectivity index (χ4n) is 1.22. The highest BCUT2D eigenvalue weighted by atomic mass is 19.1. The predicted octanol–water partition coefficient (Wildman–Crippen LogP) is 3.94. The van der Waals surface area contributed by atoms with Gasteiger partial charge in [-0.05, 0) is 36.4 Å². The summed E-state index contributed by atoms with van der Waals surface area (Å²) in [6.45, 7) is 0. The maximum Gasteiger partial charge on any atom is 0.127 e. The molecule has 0 amide bonds. The number of halogens is 1. The van der Waals surface area contributed by atoms with Crippen LogP contribution in [-0.2, 0) is 0 Å². The van der Waals surface area contributed by atoms with Crippen LogP contribution in [0.5, 0.6) is 11.5 Å². The molecular formula is C14H12FNO. The molecule has 0 heterocycles. The number of para-hydroxylation sites is 1. The second-order valence-corrected chi connectivity index (χ2v) is 3.05. The highest BCUT2D eigenvalue weighted by Crippen LogP contribution is 2.20. The molecule has 0 spiro atoms. The monoisotopic (exact) mass is 229 g/mol. The van der Waals surface area contributed by atoms with Crippen molar-refractivity contribution in [3.8, 4) is 17.6 Å². The fraction of sp³-hybridized carbons (Fsp3) is 0.0714. The van der Waals surface area contributed by atoms with Crippen molar-refractivity contribution < 1.29 is 9.13 Å². The van der Waals surface area contributed by atoms with Gasteiger partial charge >= 0.3 is 0 Å². The van der Waals surface area contributed by atoms with Crippen molar-refractivity contribution in [1.29, 1.82) is 5.26 Å². The van der Waals surface area contributed by atoms with Crippen LogP contribution in [0.3, 0.4) is 0 Å². The van der Waals surface area contributed by atoms with E-state index in [-0.39, 0.29) is 0 Å². The Morgan fingerprint density at radius 3 is 1.94 bits per heavy atom. The minimum absolute atomic E-state index is 0.500. The molecule has 0 saturated carbocycles. The lowest BCUT2D eigenvalue weighted by atomic mass is 10.2. The summed E-state index contributed by atoms with van der Waals surface area (Å²) in [5, 5.41) is 8.63. The summed E-state index contributed by atoms with van der Waals surface area (Å²) in [4.78, 5) is 0. The molecule has 0 N–H and O–H groups in total. The number of nitrogens with zero attached hydrogens (tertiary/aromatic N) is 1. The summed E-state index contributed by atoms with van der Waals surface area (Å²) in [5.41, 5.74) is 0.635. The van der Waals surface area contributed by atoms with E-state index in [0.29, 0.717) is 12.7 Å². The molecule has 0 fully saturated rings. The highest BCUT2D eigenvalue weighted by molar-refractivity contribution is 5.37. The van der Waals surface area contributed by atoms with Gasteiger partial charge in [0, 0.05) is 0 Å². The Morgan fingerprint density at radius 1 is 0.882 bits per heavy atom. The zero-order valence-electron chi connectivity index (χ0n) is 9.43. The minimum atomic E-state index is 0.500. The Kier molecular flexibility index (Phi) is 5.26. The third kappa shape index (κ3) is 3.96. The van der Waals surface area contributed by atoms with Gasteiger partial charge in [-0.3, -0.25) is 4.39 Å². The van der Waals surface area contributed by atoms with Crippen LogP contribution in [-0.4, -0.2) is 7.18 Å². The van der Waals surface area contributed by atoms with Crippen molar-refractivity contribution in [2.24, 2.45) is 0 Å². The maximum absolute atomic E-state index is 9.50. The lowest BCUT2D eigenvalue weighted by Gasteiger charge is -2.04. The quantitative estimate of drug-likeness (QED) is 0.781. The minimum Gasteiger partial charge on any atom is -0.457 e. The molecule has 0 saturated heterocycles. The van der Waals surface area contributed by atoms with Gasteiger partial charge in [-0.2, -0.15) is 5.26 Å². The van der Waals surface area contributed by atoms with E-state index in [1.165, 1.54) is 0 Å². The Bertz CT molecular complexity index is 474. The molecule has 0 aromatic heterocycles. The Labute approximate surface area is 99.9 Å². The summed E-state index contributed by atoms with van der Waals surface area (Å²) in [7, 11) is 0.500. The van der Waals surface area contributed by atoms with Gasteiger partial charge < -0.3 is 4.74 Å². The van der Waals surface area contributed by atoms with Gasteiger partial charge in [-0.25, -0.2) is 0 Å². The summed E-state index contributed by atoms with van der Waals surface area (Å²) in [5.74, 6) is 1.53. The zero-order chi connectivity index (χ0) is 12.5. The number of benzene rings is 2. The van der Waals surface area contributed by atoms with E-state index in [1.54, 1.807) is 24.3 Å². The number of nitriles is 1. The summed E-state index contributed by atoms with van der Waals surface area (Å²) in [6.07, 6.45) is 0. The first-order valence-corrected chi connectivity index (χ1v) is 4.99. The van der Waals surface area contributed by atoms with Crippen LogP contribution in [0.4, 0.5) is 4.39 Å². The molecular weight excluding hydrogens is 217 g/mol. The van der Waals surface area contributed by atoms with Crippen LogP contribution in [0.15, 0.2) is 54.6 Å². The van der Waals surface area contributed by atoms with Crippen molar-refractivity contribution in [3.05, 3.63) is 60.2 Å². The van der Waals surface area contributed by atoms with Gasteiger partial charge in [0.05, 0.1) is 18.8 Å². The third-order valence-corrected chi connectivity index (χ3v) is 1.96. The van der Waals surface area contributed by atoms with Crippen molar-refractivity contribution in [2.45, 2.75) is 0 Å². The molecule has 2 rings (SSSR count). The van der Waals surface area contributed by atoms with Crippen molar-refractivity contribution in [3.63, 3.8) is 0 Å². The zero-order valence-corrected chi connectivity index (χ0v) is 9.43. The van der Waals surface area contributed by atoms with Crippen LogP contribution >= 0.6 is 0 Å². The lowest BCUT2D eigenvalue weighted by Crippen LogP contribution is -1.83. The van der Waals surface area contributed by atoms with E-state index in [0.717, 1.165) is 11.5 Å². The van der Waals surface area contributed by atoms with Crippen LogP contribution in [0.1, 0.15) is 5.56 Å². The van der Waals surface area contributed by atoms with Crippen LogP contribution in [0, 0.1) is 11.3 Å². The second kappa shape index (κ2) is 7.02. The average molecular weight is 229 g/mol. The van der Waals surface area contributed by atoms with E-state index in [9.17, 15) is 4.39 Å². The van der Waals surface area contributed by atoms with Gasteiger partial charge in [0.1, 0.15) is 11.5 Å². The topological polar surface area (TPSA) is 33.0 Å². The Hall–Kier alpha value is -2.34. The van der Waals surface area contributed by atoms with Gasteiger partial charge in [0.2, 0.25) is 0 Å². The molecule has 0 bridgehead atoms. The molecule has 0 aliphatic rings. The standard InChI is InChI=1S/C13H9NO.CH3F/c14-10-11-6-8-13(9-7-11)15-12-4-2-1-3-5-12;1-2/h1-9H;1H3. The predicted molar refractivity (Wildman–Crippen MR) is 64.7 cm³/mol. The molecule has 3 heteroatoms. The van der Waals surface area contributed by atoms with Crippen LogP contribution in [0.25, 0.3) is 0 Å². The number of ether oxygens (including phenoxy) is 1. The maximum atomic E-state index is 9.50.